The highest BCUT2D eigenvalue weighted by molar-refractivity contribution is 7.86. The van der Waals surface area contributed by atoms with Crippen molar-refractivity contribution in [1.29, 1.82) is 5.26 Å². The van der Waals surface area contributed by atoms with Gasteiger partial charge in [0.25, 0.3) is 10.2 Å². The van der Waals surface area contributed by atoms with Crippen molar-refractivity contribution in [1.82, 2.24) is 28.8 Å². The summed E-state index contributed by atoms with van der Waals surface area (Å²) in [7, 11) is -0.301. The number of H-pyrrole nitrogens is 1. The van der Waals surface area contributed by atoms with Crippen LogP contribution in [0.2, 0.25) is 0 Å². The highest BCUT2D eigenvalue weighted by Crippen LogP contribution is 2.40. The van der Waals surface area contributed by atoms with Gasteiger partial charge in [0.15, 0.2) is 11.6 Å². The minimum absolute atomic E-state index is 0.0203. The summed E-state index contributed by atoms with van der Waals surface area (Å²) < 4.78 is 49.5. The van der Waals surface area contributed by atoms with Gasteiger partial charge < -0.3 is 20.1 Å². The van der Waals surface area contributed by atoms with Crippen LogP contribution in [0.25, 0.3) is 0 Å². The molecule has 3 N–H and O–H groups in total. The fourth-order valence-electron chi connectivity index (χ4n) is 5.42. The Hall–Kier alpha value is -3.06. The number of hydrogen-bond donors (Lipinski definition) is 3. The Bertz CT molecular complexity index is 1280. The molecule has 0 amide bonds. The van der Waals surface area contributed by atoms with Gasteiger partial charge in [-0.2, -0.15) is 37.4 Å². The standard InChI is InChI=1S/C22H30FN9O4S/c1-30(22-26-18(8-19(27-22)36-2)25-21-20(23)17(12-33)28-29-21)16-6-14-4-3-5-15(7-16)32(14)37(34,35)31-10-13(9-24)11-31/h8,13-16,33H,3-7,10-12H2,1-2H3,(H2,25,26,27,28,29)/t14-,15+,16?. The number of nitrogens with one attached hydrogen (secondary N) is 2. The number of piperidine rings is 2. The van der Waals surface area contributed by atoms with Gasteiger partial charge in [0.2, 0.25) is 11.8 Å². The summed E-state index contributed by atoms with van der Waals surface area (Å²) in [6.07, 6.45) is 3.73. The number of halogens is 1. The molecule has 3 aliphatic rings. The molecule has 2 aromatic rings. The molecule has 3 atom stereocenters. The van der Waals surface area contributed by atoms with Crippen LogP contribution in [-0.2, 0) is 16.8 Å². The number of methoxy groups -OCH3 is 1. The molecule has 200 valence electrons. The molecule has 37 heavy (non-hydrogen) atoms. The van der Waals surface area contributed by atoms with E-state index in [1.165, 1.54) is 17.5 Å². The lowest BCUT2D eigenvalue weighted by Crippen LogP contribution is -2.64. The molecule has 3 aliphatic heterocycles. The molecular weight excluding hydrogens is 505 g/mol. The lowest BCUT2D eigenvalue weighted by Gasteiger charge is -2.51. The molecule has 3 saturated heterocycles. The van der Waals surface area contributed by atoms with Crippen molar-refractivity contribution >= 4 is 27.8 Å². The fraction of sp³-hybridized carbons (Fsp3) is 0.636. The zero-order chi connectivity index (χ0) is 26.3. The van der Waals surface area contributed by atoms with Crippen molar-refractivity contribution in [3.63, 3.8) is 0 Å². The van der Waals surface area contributed by atoms with Crippen LogP contribution < -0.4 is 15.0 Å². The number of nitriles is 1. The molecular formula is C22H30FN9O4S. The smallest absolute Gasteiger partial charge is 0.282 e. The molecule has 13 nitrogen and oxygen atoms in total. The van der Waals surface area contributed by atoms with Gasteiger partial charge in [-0.1, -0.05) is 6.42 Å². The summed E-state index contributed by atoms with van der Waals surface area (Å²) in [5.41, 5.74) is -0.0458. The van der Waals surface area contributed by atoms with Crippen LogP contribution in [0.4, 0.5) is 22.0 Å². The monoisotopic (exact) mass is 535 g/mol. The summed E-state index contributed by atoms with van der Waals surface area (Å²) >= 11 is 0. The van der Waals surface area contributed by atoms with Crippen molar-refractivity contribution in [2.75, 3.05) is 37.5 Å². The molecule has 0 spiro atoms. The van der Waals surface area contributed by atoms with E-state index >= 15 is 0 Å². The summed E-state index contributed by atoms with van der Waals surface area (Å²) in [6, 6.07) is 3.33. The maximum absolute atomic E-state index is 14.4. The summed E-state index contributed by atoms with van der Waals surface area (Å²) in [6.45, 7) is -0.0150. The largest absolute Gasteiger partial charge is 0.481 e. The summed E-state index contributed by atoms with van der Waals surface area (Å²) in [5, 5.41) is 27.3. The fourth-order valence-corrected chi connectivity index (χ4v) is 7.56. The SMILES string of the molecule is COc1cc(Nc2n[nH]c(CO)c2F)nc(N(C)C2C[C@H]3CCC[C@@H](C2)N3S(=O)(=O)N2CC(C#N)C2)n1. The topological polar surface area (TPSA) is 164 Å². The van der Waals surface area contributed by atoms with E-state index in [0.29, 0.717) is 18.8 Å². The third kappa shape index (κ3) is 4.70. The number of aliphatic hydroxyl groups is 1. The van der Waals surface area contributed by atoms with Gasteiger partial charge in [0.05, 0.1) is 31.4 Å². The van der Waals surface area contributed by atoms with E-state index in [-0.39, 0.29) is 60.3 Å². The number of fused-ring (bicyclic) bond motifs is 2. The average molecular weight is 536 g/mol. The summed E-state index contributed by atoms with van der Waals surface area (Å²) in [4.78, 5) is 10.9. The van der Waals surface area contributed by atoms with E-state index in [2.05, 4.69) is 31.6 Å². The normalized spacial score (nSPS) is 24.8. The Morgan fingerprint density at radius 1 is 1.32 bits per heavy atom. The van der Waals surface area contributed by atoms with Crippen molar-refractivity contribution in [3.8, 4) is 11.9 Å². The second-order valence-electron chi connectivity index (χ2n) is 9.70. The third-order valence-electron chi connectivity index (χ3n) is 7.45. The number of ether oxygens (including phenoxy) is 1. The lowest BCUT2D eigenvalue weighted by molar-refractivity contribution is 0.0930. The molecule has 1 unspecified atom stereocenters. The van der Waals surface area contributed by atoms with E-state index in [4.69, 9.17) is 10.00 Å². The predicted octanol–water partition coefficient (Wildman–Crippen LogP) is 1.11. The van der Waals surface area contributed by atoms with Gasteiger partial charge in [0.1, 0.15) is 5.82 Å². The number of aromatic amines is 1. The summed E-state index contributed by atoms with van der Waals surface area (Å²) in [5.74, 6) is -0.192. The first kappa shape index (κ1) is 25.6. The van der Waals surface area contributed by atoms with E-state index in [9.17, 15) is 17.9 Å². The van der Waals surface area contributed by atoms with Gasteiger partial charge in [-0.25, -0.2) is 4.39 Å². The molecule has 15 heteroatoms. The third-order valence-corrected chi connectivity index (χ3v) is 9.53. The van der Waals surface area contributed by atoms with Crippen LogP contribution in [0, 0.1) is 23.1 Å². The van der Waals surface area contributed by atoms with Crippen LogP contribution >= 0.6 is 0 Å². The molecule has 2 bridgehead atoms. The minimum Gasteiger partial charge on any atom is -0.481 e. The van der Waals surface area contributed by atoms with Crippen molar-refractivity contribution < 1.29 is 22.7 Å². The number of anilines is 3. The first-order chi connectivity index (χ1) is 17.7. The van der Waals surface area contributed by atoms with Crippen LogP contribution in [0.15, 0.2) is 6.07 Å². The van der Waals surface area contributed by atoms with Gasteiger partial charge in [0, 0.05) is 44.3 Å². The second kappa shape index (κ2) is 10.0. The van der Waals surface area contributed by atoms with Crippen LogP contribution in [0.5, 0.6) is 5.88 Å². The quantitative estimate of drug-likeness (QED) is 0.446. The van der Waals surface area contributed by atoms with Gasteiger partial charge in [-0.3, -0.25) is 5.10 Å². The molecule has 0 aromatic carbocycles. The molecule has 0 saturated carbocycles. The molecule has 0 aliphatic carbocycles. The van der Waals surface area contributed by atoms with Crippen molar-refractivity contribution in [2.24, 2.45) is 5.92 Å². The van der Waals surface area contributed by atoms with E-state index in [1.54, 1.807) is 4.31 Å². The van der Waals surface area contributed by atoms with Crippen LogP contribution in [0.3, 0.4) is 0 Å². The lowest BCUT2D eigenvalue weighted by atomic mass is 9.83. The predicted molar refractivity (Wildman–Crippen MR) is 131 cm³/mol. The number of hydrogen-bond acceptors (Lipinski definition) is 10. The molecule has 5 rings (SSSR count). The Kier molecular flexibility index (Phi) is 6.92. The highest BCUT2D eigenvalue weighted by Gasteiger charge is 2.50. The van der Waals surface area contributed by atoms with Gasteiger partial charge in [-0.05, 0) is 25.7 Å². The number of rotatable bonds is 8. The number of nitrogens with zero attached hydrogens (tertiary/aromatic N) is 7. The first-order valence-corrected chi connectivity index (χ1v) is 13.6. The molecule has 0 radical (unpaired) electrons. The molecule has 2 aromatic heterocycles. The zero-order valence-electron chi connectivity index (χ0n) is 20.6. The maximum atomic E-state index is 14.4. The molecule has 5 heterocycles. The Labute approximate surface area is 214 Å². The van der Waals surface area contributed by atoms with E-state index < -0.39 is 22.6 Å². The Morgan fingerprint density at radius 2 is 2.03 bits per heavy atom. The second-order valence-corrected chi connectivity index (χ2v) is 11.5. The number of aromatic nitrogens is 4. The number of aliphatic hydroxyl groups excluding tert-OH is 1. The van der Waals surface area contributed by atoms with Gasteiger partial charge in [-0.15, -0.1) is 0 Å². The van der Waals surface area contributed by atoms with Crippen LogP contribution in [0.1, 0.15) is 37.8 Å². The van der Waals surface area contributed by atoms with Gasteiger partial charge >= 0.3 is 0 Å². The van der Waals surface area contributed by atoms with Crippen molar-refractivity contribution in [2.45, 2.75) is 56.8 Å². The van der Waals surface area contributed by atoms with E-state index in [1.807, 2.05) is 11.9 Å². The van der Waals surface area contributed by atoms with Crippen molar-refractivity contribution in [3.05, 3.63) is 17.6 Å². The minimum atomic E-state index is -3.63. The molecule has 3 fully saturated rings. The Morgan fingerprint density at radius 3 is 2.62 bits per heavy atom. The Balaban J connectivity index is 1.35. The highest BCUT2D eigenvalue weighted by atomic mass is 32.2. The first-order valence-electron chi connectivity index (χ1n) is 12.2. The maximum Gasteiger partial charge on any atom is 0.282 e. The average Bonchev–Trinajstić information content (AvgIpc) is 3.20. The van der Waals surface area contributed by atoms with E-state index in [0.717, 1.165) is 19.3 Å². The zero-order valence-corrected chi connectivity index (χ0v) is 21.4. The van der Waals surface area contributed by atoms with Crippen LogP contribution in [-0.4, -0.2) is 87.7 Å².